The maximum absolute atomic E-state index is 12.9. The van der Waals surface area contributed by atoms with Crippen molar-refractivity contribution in [2.24, 2.45) is 11.8 Å². The highest BCUT2D eigenvalue weighted by Gasteiger charge is 2.60. The summed E-state index contributed by atoms with van der Waals surface area (Å²) in [5.74, 6) is -14.1. The van der Waals surface area contributed by atoms with E-state index in [1.807, 2.05) is 0 Å². The van der Waals surface area contributed by atoms with Crippen molar-refractivity contribution in [1.82, 2.24) is 35.1 Å². The Hall–Kier alpha value is -5.67. The number of amides is 3. The normalized spacial score (nSPS) is 32.9. The molecule has 524 valence electrons. The van der Waals surface area contributed by atoms with Crippen LogP contribution in [-0.4, -0.2) is 251 Å². The number of anilines is 2. The predicted molar refractivity (Wildman–Crippen MR) is 298 cm³/mol. The van der Waals surface area contributed by atoms with Crippen LogP contribution in [-0.2, 0) is 70.1 Å². The molecule has 6 heterocycles. The van der Waals surface area contributed by atoms with Gasteiger partial charge in [0.05, 0.1) is 50.2 Å². The number of nitrogens with one attached hydrogen (secondary N) is 3. The average Bonchev–Trinajstić information content (AvgIpc) is 1.07. The van der Waals surface area contributed by atoms with Gasteiger partial charge in [-0.3, -0.25) is 41.7 Å². The second-order valence-electron chi connectivity index (χ2n) is 21.6. The Morgan fingerprint density at radius 1 is 0.685 bits per heavy atom. The second kappa shape index (κ2) is 32.6. The van der Waals surface area contributed by atoms with E-state index in [1.165, 1.54) is 19.1 Å². The number of phosphoric ester groups is 2. The van der Waals surface area contributed by atoms with Gasteiger partial charge in [0.1, 0.15) is 78.8 Å². The van der Waals surface area contributed by atoms with Gasteiger partial charge < -0.3 is 132 Å². The summed E-state index contributed by atoms with van der Waals surface area (Å²) in [6, 6.07) is -0.805. The number of carboxylic acids is 2. The summed E-state index contributed by atoms with van der Waals surface area (Å²) in [4.78, 5) is 118. The van der Waals surface area contributed by atoms with Gasteiger partial charge in [0.25, 0.3) is 27.2 Å². The molecule has 2 aromatic heterocycles. The maximum atomic E-state index is 12.9. The van der Waals surface area contributed by atoms with Crippen LogP contribution in [0.15, 0.2) is 34.1 Å². The molecule has 0 radical (unpaired) electrons. The summed E-state index contributed by atoms with van der Waals surface area (Å²) in [5, 5.41) is 141. The van der Waals surface area contributed by atoms with Gasteiger partial charge >= 0.3 is 23.3 Å². The van der Waals surface area contributed by atoms with Crippen LogP contribution < -0.4 is 48.6 Å². The minimum Gasteiger partial charge on any atom is -0.756 e. The Kier molecular flexibility index (Phi) is 28.0. The van der Waals surface area contributed by atoms with Gasteiger partial charge in [0.15, 0.2) is 12.5 Å². The zero-order valence-electron chi connectivity index (χ0n) is 48.9. The van der Waals surface area contributed by atoms with Crippen molar-refractivity contribution in [3.63, 3.8) is 0 Å². The fourth-order valence-corrected chi connectivity index (χ4v) is 11.3. The van der Waals surface area contributed by atoms with E-state index in [-0.39, 0.29) is 19.1 Å². The third-order valence-electron chi connectivity index (χ3n) is 15.0. The molecule has 0 saturated carbocycles. The molecule has 24 atom stereocenters. The van der Waals surface area contributed by atoms with Gasteiger partial charge in [-0.15, -0.1) is 0 Å². The number of rotatable bonds is 27. The van der Waals surface area contributed by atoms with Gasteiger partial charge in [-0.05, 0) is 25.0 Å². The Balaban J connectivity index is 0.000000389. The van der Waals surface area contributed by atoms with Crippen molar-refractivity contribution >= 4 is 56.9 Å². The van der Waals surface area contributed by atoms with Crippen molar-refractivity contribution in [2.45, 2.75) is 189 Å². The molecular formula is C49H79N9O32P2-2. The quantitative estimate of drug-likeness (QED) is 0.0369. The molecule has 16 unspecified atom stereocenters. The van der Waals surface area contributed by atoms with Crippen molar-refractivity contribution in [3.05, 3.63) is 45.5 Å². The number of hydrogen-bond donors (Lipinski definition) is 18. The lowest BCUT2D eigenvalue weighted by Crippen LogP contribution is -2.68. The van der Waals surface area contributed by atoms with Crippen LogP contribution in [0.2, 0.25) is 0 Å². The summed E-state index contributed by atoms with van der Waals surface area (Å²) in [5.41, 5.74) is 8.93. The van der Waals surface area contributed by atoms with Crippen LogP contribution in [0.1, 0.15) is 80.2 Å². The maximum Gasteiger partial charge on any atom is 0.364 e. The SMILES string of the molecule is C.CCC(C)C(=O)NC1C(O)CC(OP(=O)([O-])OC[C@H]2O[C@@H](n3ccc(N)nc3=O)[C@H](O)[C@@H]2O)(C(=O)O)OC1C(O)C(O)CO.CCC(C)C(=O)NCC(O)C(O)C1OC(OP(=O)([O-])OC[C@H]2O[C@@H](n3ccc(N)nc3=O)[C@H](O)[C@@H]2O)(C(=O)O)CC(O)C1NC(C)=O. The molecule has 20 N–H and O–H groups in total. The Morgan fingerprint density at radius 2 is 1.07 bits per heavy atom. The first-order valence-electron chi connectivity index (χ1n) is 27.7. The number of hydrogen-bond acceptors (Lipinski definition) is 34. The molecule has 4 saturated heterocycles. The van der Waals surface area contributed by atoms with E-state index >= 15 is 0 Å². The van der Waals surface area contributed by atoms with E-state index in [0.29, 0.717) is 12.8 Å². The highest BCUT2D eigenvalue weighted by Crippen LogP contribution is 2.50. The minimum absolute atomic E-state index is 0. The molecule has 4 aliphatic heterocycles. The third kappa shape index (κ3) is 19.0. The van der Waals surface area contributed by atoms with Crippen molar-refractivity contribution in [1.29, 1.82) is 0 Å². The van der Waals surface area contributed by atoms with Gasteiger partial charge in [0.2, 0.25) is 17.7 Å². The standard InChI is InChI=1S/C25H40N5O16P.C23H37N4O16P.CH4/c1-4-10(2)21(37)27-8-13(33)17(34)20-16(28-11(3)31)12(32)7-25(45-20,23(38)39)46-47(41,42)43-9-14-18(35)19(36)22(44-14)30-6-5-15(26)29-24(30)40;1-3-9(2)19(34)26-14-10(29)6-23(21(35)36,42-18(14)15(31)11(30)7-28)43-44(38,39)40-8-12-16(32)17(33)20(41-12)27-5-4-13(24)25-22(27)37;/h5-6,10,12-14,16-20,22,32-36H,4,7-9H2,1-3H3,(H,27,37)(H,28,31)(H,38,39)(H,41,42)(H2,26,29,40);4-5,9-12,14-18,20,28-33H,3,6-8H2,1-2H3,(H,26,34)(H,35,36)(H,38,39)(H2,24,25,37);1H4/p-2/t10?,12?,13?,14-,16?,17?,18-,19-,20?,22-,25?;9?,10?,11?,12-,14?,15?,16-,17-,18?,20-,23?;/m11./s1. The molecular weight excluding hydrogens is 1290 g/mol. The Bertz CT molecular complexity index is 3080. The summed E-state index contributed by atoms with van der Waals surface area (Å²) < 4.78 is 67.6. The number of aliphatic hydroxyl groups is 11. The second-order valence-corrected chi connectivity index (χ2v) is 24.3. The van der Waals surface area contributed by atoms with Crippen molar-refractivity contribution < 1.29 is 146 Å². The number of carboxylic acid groups (broad SMARTS) is 2. The van der Waals surface area contributed by atoms with Gasteiger partial charge in [-0.25, -0.2) is 19.2 Å². The molecule has 0 aliphatic carbocycles. The van der Waals surface area contributed by atoms with E-state index in [9.17, 15) is 119 Å². The van der Waals surface area contributed by atoms with E-state index in [2.05, 4.69) is 25.9 Å². The average molecular weight is 1370 g/mol. The van der Waals surface area contributed by atoms with Gasteiger partial charge in [-0.1, -0.05) is 35.1 Å². The fraction of sp³-hybridized carbons (Fsp3) is 0.735. The molecule has 43 heteroatoms. The first-order valence-corrected chi connectivity index (χ1v) is 30.6. The number of aliphatic carboxylic acids is 2. The topological polar surface area (TPSA) is 660 Å². The van der Waals surface area contributed by atoms with Crippen LogP contribution in [0.5, 0.6) is 0 Å². The van der Waals surface area contributed by atoms with E-state index in [4.69, 9.17) is 48.5 Å². The molecule has 0 aromatic carbocycles. The summed E-state index contributed by atoms with van der Waals surface area (Å²) in [6.07, 6.45) is -28.9. The molecule has 0 bridgehead atoms. The first-order chi connectivity index (χ1) is 42.3. The van der Waals surface area contributed by atoms with E-state index < -0.39 is 229 Å². The van der Waals surface area contributed by atoms with Gasteiger partial charge in [-0.2, -0.15) is 9.97 Å². The van der Waals surface area contributed by atoms with Crippen LogP contribution in [0.3, 0.4) is 0 Å². The zero-order valence-corrected chi connectivity index (χ0v) is 50.7. The highest BCUT2D eigenvalue weighted by molar-refractivity contribution is 7.46. The summed E-state index contributed by atoms with van der Waals surface area (Å²) >= 11 is 0. The Morgan fingerprint density at radius 3 is 1.42 bits per heavy atom. The summed E-state index contributed by atoms with van der Waals surface area (Å²) in [6.45, 7) is 3.77. The molecule has 4 fully saturated rings. The number of ether oxygens (including phenoxy) is 4. The molecule has 2 aromatic rings. The number of nitrogens with two attached hydrogens (primary N) is 2. The lowest BCUT2D eigenvalue weighted by atomic mass is 9.88. The van der Waals surface area contributed by atoms with Crippen molar-refractivity contribution in [2.75, 3.05) is 37.8 Å². The minimum atomic E-state index is -5.81. The molecule has 4 aliphatic rings. The monoisotopic (exact) mass is 1370 g/mol. The largest absolute Gasteiger partial charge is 0.756 e. The number of aromatic nitrogens is 4. The fourth-order valence-electron chi connectivity index (χ4n) is 9.45. The smallest absolute Gasteiger partial charge is 0.364 e. The molecule has 0 spiro atoms. The number of nitrogen functional groups attached to an aromatic ring is 2. The third-order valence-corrected chi connectivity index (χ3v) is 16.9. The first kappa shape index (κ1) is 78.8. The number of nitrogens with zero attached hydrogens (tertiary/aromatic N) is 4. The van der Waals surface area contributed by atoms with Crippen LogP contribution in [0.4, 0.5) is 11.6 Å². The number of aliphatic hydroxyl groups excluding tert-OH is 11. The van der Waals surface area contributed by atoms with Crippen LogP contribution >= 0.6 is 15.6 Å². The van der Waals surface area contributed by atoms with E-state index in [0.717, 1.165) is 28.5 Å². The van der Waals surface area contributed by atoms with Crippen LogP contribution in [0, 0.1) is 11.8 Å². The van der Waals surface area contributed by atoms with Crippen molar-refractivity contribution in [3.8, 4) is 0 Å². The zero-order chi connectivity index (χ0) is 68.6. The number of phosphoric acid groups is 2. The summed E-state index contributed by atoms with van der Waals surface area (Å²) in [7, 11) is -11.6. The molecule has 3 amide bonds. The molecule has 41 nitrogen and oxygen atoms in total. The Labute approximate surface area is 521 Å². The lowest BCUT2D eigenvalue weighted by molar-refractivity contribution is -0.314. The molecule has 6 rings (SSSR count). The van der Waals surface area contributed by atoms with Gasteiger partial charge in [0, 0.05) is 50.5 Å². The predicted octanol–water partition coefficient (Wildman–Crippen LogP) is -8.98. The molecule has 92 heavy (non-hydrogen) atoms. The van der Waals surface area contributed by atoms with Crippen LogP contribution in [0.25, 0.3) is 0 Å². The number of carbonyl (C=O) groups excluding carboxylic acids is 3. The van der Waals surface area contributed by atoms with E-state index in [1.54, 1.807) is 20.8 Å². The number of carbonyl (C=O) groups is 5. The highest BCUT2D eigenvalue weighted by atomic mass is 31.2. The lowest BCUT2D eigenvalue weighted by Gasteiger charge is -2.47.